The van der Waals surface area contributed by atoms with Gasteiger partial charge < -0.3 is 4.74 Å². The van der Waals surface area contributed by atoms with Gasteiger partial charge in [0.25, 0.3) is 0 Å². The first-order valence-corrected chi connectivity index (χ1v) is 5.38. The highest BCUT2D eigenvalue weighted by Gasteiger charge is 2.27. The van der Waals surface area contributed by atoms with Crippen LogP contribution in [0, 0.1) is 0 Å². The summed E-state index contributed by atoms with van der Waals surface area (Å²) in [6, 6.07) is 4.47. The number of nitrogens with two attached hydrogens (primary N) is 1. The van der Waals surface area contributed by atoms with Crippen molar-refractivity contribution in [2.24, 2.45) is 5.14 Å². The quantitative estimate of drug-likeness (QED) is 0.516. The zero-order valence-electron chi connectivity index (χ0n) is 7.06. The molecule has 1 aliphatic heterocycles. The van der Waals surface area contributed by atoms with Gasteiger partial charge in [-0.25, -0.2) is 13.6 Å². The van der Waals surface area contributed by atoms with Crippen molar-refractivity contribution in [3.8, 4) is 5.75 Å². The highest BCUT2D eigenvalue weighted by Crippen LogP contribution is 2.32. The topological polar surface area (TPSA) is 86.5 Å². The smallest absolute Gasteiger partial charge is 0.315 e. The van der Waals surface area contributed by atoms with E-state index in [9.17, 15) is 13.2 Å². The lowest BCUT2D eigenvalue weighted by molar-refractivity contribution is -0.132. The maximum absolute atomic E-state index is 11.1. The number of carbonyl (C=O) groups excluding carboxylic acids is 1. The summed E-state index contributed by atoms with van der Waals surface area (Å²) in [4.78, 5) is 10.8. The molecule has 0 aromatic heterocycles. The number of carbonyl (C=O) groups is 1. The van der Waals surface area contributed by atoms with Crippen LogP contribution in [-0.4, -0.2) is 14.4 Å². The molecule has 5 nitrogen and oxygen atoms in total. The minimum absolute atomic E-state index is 0.0694. The molecule has 0 saturated carbocycles. The fourth-order valence-corrected chi connectivity index (χ4v) is 2.05. The Labute approximate surface area is 80.5 Å². The molecule has 0 amide bonds. The maximum Gasteiger partial charge on any atom is 0.315 e. The van der Waals surface area contributed by atoms with Crippen molar-refractivity contribution in [3.63, 3.8) is 0 Å². The summed E-state index contributed by atoms with van der Waals surface area (Å²) in [5.41, 5.74) is 0.557. The van der Waals surface area contributed by atoms with E-state index in [1.165, 1.54) is 12.1 Å². The monoisotopic (exact) mass is 213 g/mol. The van der Waals surface area contributed by atoms with Crippen LogP contribution >= 0.6 is 0 Å². The average molecular weight is 213 g/mol. The Kier molecular flexibility index (Phi) is 1.83. The third-order valence-electron chi connectivity index (χ3n) is 1.92. The molecule has 0 saturated heterocycles. The molecule has 0 bridgehead atoms. The number of hydrogen-bond acceptors (Lipinski definition) is 4. The van der Waals surface area contributed by atoms with E-state index in [2.05, 4.69) is 0 Å². The average Bonchev–Trinajstić information content (AvgIpc) is 2.41. The van der Waals surface area contributed by atoms with Crippen LogP contribution in [0.25, 0.3) is 0 Å². The van der Waals surface area contributed by atoms with Crippen molar-refractivity contribution < 1.29 is 17.9 Å². The van der Waals surface area contributed by atoms with Crippen molar-refractivity contribution in [1.29, 1.82) is 0 Å². The molecule has 0 atom stereocenters. The van der Waals surface area contributed by atoms with Crippen LogP contribution in [0.4, 0.5) is 0 Å². The van der Waals surface area contributed by atoms with Gasteiger partial charge in [0.15, 0.2) is 5.75 Å². The second kappa shape index (κ2) is 2.79. The highest BCUT2D eigenvalue weighted by atomic mass is 32.2. The SMILES string of the molecule is NS(=O)(=O)c1cccc2c1OC(=O)C2. The van der Waals surface area contributed by atoms with Crippen molar-refractivity contribution in [1.82, 2.24) is 0 Å². The van der Waals surface area contributed by atoms with Gasteiger partial charge in [-0.1, -0.05) is 12.1 Å². The molecular weight excluding hydrogens is 206 g/mol. The van der Waals surface area contributed by atoms with E-state index in [4.69, 9.17) is 9.88 Å². The first-order chi connectivity index (χ1) is 6.48. The van der Waals surface area contributed by atoms with Crippen molar-refractivity contribution in [3.05, 3.63) is 23.8 Å². The van der Waals surface area contributed by atoms with Crippen LogP contribution in [0.5, 0.6) is 5.75 Å². The van der Waals surface area contributed by atoms with Gasteiger partial charge in [0.1, 0.15) is 4.90 Å². The molecule has 0 spiro atoms. The fourth-order valence-electron chi connectivity index (χ4n) is 1.35. The van der Waals surface area contributed by atoms with E-state index >= 15 is 0 Å². The molecule has 0 fully saturated rings. The third-order valence-corrected chi connectivity index (χ3v) is 2.85. The summed E-state index contributed by atoms with van der Waals surface area (Å²) in [5.74, 6) is -0.392. The zero-order chi connectivity index (χ0) is 10.3. The minimum atomic E-state index is -3.83. The van der Waals surface area contributed by atoms with E-state index in [0.717, 1.165) is 0 Å². The molecule has 1 aromatic rings. The number of benzene rings is 1. The van der Waals surface area contributed by atoms with Gasteiger partial charge in [-0.3, -0.25) is 4.79 Å². The Hall–Kier alpha value is -1.40. The Balaban J connectivity index is 2.67. The van der Waals surface area contributed by atoms with Gasteiger partial charge in [-0.2, -0.15) is 0 Å². The number of primary sulfonamides is 1. The number of sulfonamides is 1. The molecule has 0 radical (unpaired) electrons. The van der Waals surface area contributed by atoms with Crippen LogP contribution in [0.1, 0.15) is 5.56 Å². The number of rotatable bonds is 1. The van der Waals surface area contributed by atoms with Crippen molar-refractivity contribution >= 4 is 16.0 Å². The third kappa shape index (κ3) is 1.38. The van der Waals surface area contributed by atoms with Crippen LogP contribution in [0.15, 0.2) is 23.1 Å². The Morgan fingerprint density at radius 1 is 1.36 bits per heavy atom. The minimum Gasteiger partial charge on any atom is -0.425 e. The molecule has 1 heterocycles. The van der Waals surface area contributed by atoms with Gasteiger partial charge in [0.05, 0.1) is 6.42 Å². The molecular formula is C8H7NO4S. The zero-order valence-corrected chi connectivity index (χ0v) is 7.87. The van der Waals surface area contributed by atoms with Crippen LogP contribution in [-0.2, 0) is 21.2 Å². The summed E-state index contributed by atoms with van der Waals surface area (Å²) < 4.78 is 26.9. The molecule has 6 heteroatoms. The molecule has 1 aliphatic rings. The van der Waals surface area contributed by atoms with Gasteiger partial charge in [0, 0.05) is 5.56 Å². The maximum atomic E-state index is 11.1. The fraction of sp³-hybridized carbons (Fsp3) is 0.125. The summed E-state index contributed by atoms with van der Waals surface area (Å²) in [7, 11) is -3.83. The van der Waals surface area contributed by atoms with Crippen LogP contribution in [0.3, 0.4) is 0 Å². The number of fused-ring (bicyclic) bond motifs is 1. The first kappa shape index (κ1) is 9.17. The van der Waals surface area contributed by atoms with Crippen molar-refractivity contribution in [2.45, 2.75) is 11.3 Å². The number of hydrogen-bond donors (Lipinski definition) is 1. The molecule has 1 aromatic carbocycles. The van der Waals surface area contributed by atoms with Gasteiger partial charge in [0.2, 0.25) is 10.0 Å². The van der Waals surface area contributed by atoms with E-state index in [1.54, 1.807) is 6.07 Å². The summed E-state index contributed by atoms with van der Waals surface area (Å²) in [6.45, 7) is 0. The lowest BCUT2D eigenvalue weighted by atomic mass is 10.2. The van der Waals surface area contributed by atoms with E-state index < -0.39 is 16.0 Å². The molecule has 14 heavy (non-hydrogen) atoms. The number of ether oxygens (including phenoxy) is 1. The van der Waals surface area contributed by atoms with Crippen LogP contribution in [0.2, 0.25) is 0 Å². The second-order valence-electron chi connectivity index (χ2n) is 2.94. The molecule has 74 valence electrons. The molecule has 2 rings (SSSR count). The predicted molar refractivity (Wildman–Crippen MR) is 47.2 cm³/mol. The number of para-hydroxylation sites is 1. The second-order valence-corrected chi connectivity index (χ2v) is 4.47. The summed E-state index contributed by atoms with van der Waals surface area (Å²) >= 11 is 0. The Bertz CT molecular complexity index is 506. The lowest BCUT2D eigenvalue weighted by Crippen LogP contribution is -2.13. The Morgan fingerprint density at radius 2 is 2.07 bits per heavy atom. The highest BCUT2D eigenvalue weighted by molar-refractivity contribution is 7.89. The van der Waals surface area contributed by atoms with E-state index in [0.29, 0.717) is 5.56 Å². The standard InChI is InChI=1S/C8H7NO4S/c9-14(11,12)6-3-1-2-5-4-7(10)13-8(5)6/h1-3H,4H2,(H2,9,11,12). The van der Waals surface area contributed by atoms with E-state index in [-0.39, 0.29) is 17.1 Å². The van der Waals surface area contributed by atoms with Crippen LogP contribution < -0.4 is 9.88 Å². The predicted octanol–water partition coefficient (Wildman–Crippen LogP) is -0.205. The van der Waals surface area contributed by atoms with Gasteiger partial charge in [-0.05, 0) is 6.07 Å². The summed E-state index contributed by atoms with van der Waals surface area (Å²) in [6.07, 6.45) is 0.0959. The molecule has 2 N–H and O–H groups in total. The largest absolute Gasteiger partial charge is 0.425 e. The normalized spacial score (nSPS) is 15.1. The van der Waals surface area contributed by atoms with Gasteiger partial charge in [-0.15, -0.1) is 0 Å². The summed E-state index contributed by atoms with van der Waals surface area (Å²) in [5, 5.41) is 4.96. The number of esters is 1. The molecule has 0 aliphatic carbocycles. The van der Waals surface area contributed by atoms with Crippen molar-refractivity contribution in [2.75, 3.05) is 0 Å². The lowest BCUT2D eigenvalue weighted by Gasteiger charge is -2.03. The van der Waals surface area contributed by atoms with E-state index in [1.807, 2.05) is 0 Å². The first-order valence-electron chi connectivity index (χ1n) is 3.84. The molecule has 0 unspecified atom stereocenters. The van der Waals surface area contributed by atoms with Gasteiger partial charge >= 0.3 is 5.97 Å². The Morgan fingerprint density at radius 3 is 2.71 bits per heavy atom.